The highest BCUT2D eigenvalue weighted by Crippen LogP contribution is 2.18. The zero-order chi connectivity index (χ0) is 13.0. The Balaban J connectivity index is 2.36. The number of aldehydes is 1. The van der Waals surface area contributed by atoms with Crippen LogP contribution >= 0.6 is 0 Å². The molecule has 0 bridgehead atoms. The molecule has 0 unspecified atom stereocenters. The maximum Gasteiger partial charge on any atom is 0.338 e. The zero-order valence-electron chi connectivity index (χ0n) is 9.63. The van der Waals surface area contributed by atoms with Gasteiger partial charge in [0, 0.05) is 5.56 Å². The van der Waals surface area contributed by atoms with Gasteiger partial charge in [-0.15, -0.1) is 0 Å². The van der Waals surface area contributed by atoms with E-state index in [2.05, 4.69) is 0 Å². The van der Waals surface area contributed by atoms with Gasteiger partial charge in [-0.1, -0.05) is 18.2 Å². The molecule has 18 heavy (non-hydrogen) atoms. The molecule has 0 fully saturated rings. The van der Waals surface area contributed by atoms with Crippen LogP contribution in [-0.4, -0.2) is 30.6 Å². The highest BCUT2D eigenvalue weighted by Gasteiger charge is 2.07. The van der Waals surface area contributed by atoms with Gasteiger partial charge in [0.05, 0.1) is 12.2 Å². The summed E-state index contributed by atoms with van der Waals surface area (Å²) in [5.74, 6) is -0.484. The number of carbonyl (C=O) groups is 2. The Morgan fingerprint density at radius 1 is 1.17 bits per heavy atom. The molecule has 0 aromatic heterocycles. The minimum absolute atomic E-state index is 0.0226. The molecule has 0 heterocycles. The van der Waals surface area contributed by atoms with Crippen molar-refractivity contribution in [3.05, 3.63) is 47.5 Å². The van der Waals surface area contributed by atoms with Crippen molar-refractivity contribution in [3.8, 4) is 0 Å². The van der Waals surface area contributed by atoms with Crippen LogP contribution in [0.5, 0.6) is 0 Å². The molecule has 2 aromatic carbocycles. The molecule has 0 aliphatic carbocycles. The van der Waals surface area contributed by atoms with E-state index in [1.807, 2.05) is 6.07 Å². The molecule has 92 valence electrons. The van der Waals surface area contributed by atoms with Crippen LogP contribution in [0, 0.1) is 0 Å². The van der Waals surface area contributed by atoms with Crippen molar-refractivity contribution >= 4 is 23.0 Å². The first-order chi connectivity index (χ1) is 8.74. The van der Waals surface area contributed by atoms with E-state index in [0.29, 0.717) is 11.1 Å². The maximum absolute atomic E-state index is 11.6. The van der Waals surface area contributed by atoms with Gasteiger partial charge in [-0.3, -0.25) is 4.79 Å². The first-order valence-electron chi connectivity index (χ1n) is 5.51. The number of aliphatic hydroxyl groups is 1. The number of fused-ring (bicyclic) bond motifs is 1. The van der Waals surface area contributed by atoms with Crippen LogP contribution in [0.25, 0.3) is 10.8 Å². The molecule has 0 saturated heterocycles. The highest BCUT2D eigenvalue weighted by atomic mass is 16.5. The van der Waals surface area contributed by atoms with Crippen LogP contribution < -0.4 is 0 Å². The Labute approximate surface area is 104 Å². The Morgan fingerprint density at radius 3 is 2.67 bits per heavy atom. The molecule has 0 saturated carbocycles. The standard InChI is InChI=1S/C14H12O4/c15-5-6-18-14(17)12-4-3-11-2-1-10(9-16)7-13(11)8-12/h1-4,7-9,15H,5-6H2. The highest BCUT2D eigenvalue weighted by molar-refractivity contribution is 5.96. The summed E-state index contributed by atoms with van der Waals surface area (Å²) in [7, 11) is 0. The lowest BCUT2D eigenvalue weighted by atomic mass is 10.0. The van der Waals surface area contributed by atoms with Crippen molar-refractivity contribution in [1.82, 2.24) is 0 Å². The van der Waals surface area contributed by atoms with Crippen molar-refractivity contribution in [1.29, 1.82) is 0 Å². The van der Waals surface area contributed by atoms with E-state index in [1.54, 1.807) is 30.3 Å². The fourth-order valence-corrected chi connectivity index (χ4v) is 1.69. The molecule has 2 rings (SSSR count). The fraction of sp³-hybridized carbons (Fsp3) is 0.143. The molecule has 0 aliphatic rings. The quantitative estimate of drug-likeness (QED) is 0.658. The predicted octanol–water partition coefficient (Wildman–Crippen LogP) is 1.80. The van der Waals surface area contributed by atoms with Crippen LogP contribution in [-0.2, 0) is 4.74 Å². The van der Waals surface area contributed by atoms with Crippen molar-refractivity contribution in [2.45, 2.75) is 0 Å². The summed E-state index contributed by atoms with van der Waals surface area (Å²) in [6, 6.07) is 10.4. The summed E-state index contributed by atoms with van der Waals surface area (Å²) in [5.41, 5.74) is 0.961. The summed E-state index contributed by atoms with van der Waals surface area (Å²) in [6.07, 6.45) is 0.760. The van der Waals surface area contributed by atoms with E-state index < -0.39 is 5.97 Å². The molecular weight excluding hydrogens is 232 g/mol. The molecule has 4 heteroatoms. The first-order valence-corrected chi connectivity index (χ1v) is 5.51. The van der Waals surface area contributed by atoms with Crippen LogP contribution in [0.1, 0.15) is 20.7 Å². The molecule has 0 spiro atoms. The van der Waals surface area contributed by atoms with Crippen molar-refractivity contribution in [2.75, 3.05) is 13.2 Å². The Morgan fingerprint density at radius 2 is 1.94 bits per heavy atom. The van der Waals surface area contributed by atoms with E-state index in [1.165, 1.54) is 0 Å². The van der Waals surface area contributed by atoms with E-state index in [4.69, 9.17) is 9.84 Å². The van der Waals surface area contributed by atoms with Gasteiger partial charge in [0.25, 0.3) is 0 Å². The van der Waals surface area contributed by atoms with Gasteiger partial charge in [-0.25, -0.2) is 4.79 Å². The third-order valence-electron chi connectivity index (χ3n) is 2.56. The van der Waals surface area contributed by atoms with E-state index >= 15 is 0 Å². The zero-order valence-corrected chi connectivity index (χ0v) is 9.63. The molecule has 0 aliphatic heterocycles. The molecule has 0 atom stereocenters. The summed E-state index contributed by atoms with van der Waals surface area (Å²) >= 11 is 0. The van der Waals surface area contributed by atoms with Crippen LogP contribution in [0.4, 0.5) is 0 Å². The van der Waals surface area contributed by atoms with Crippen molar-refractivity contribution in [3.63, 3.8) is 0 Å². The first kappa shape index (κ1) is 12.3. The summed E-state index contributed by atoms with van der Waals surface area (Å²) in [5, 5.41) is 10.3. The van der Waals surface area contributed by atoms with Gasteiger partial charge < -0.3 is 9.84 Å². The molecule has 0 radical (unpaired) electrons. The van der Waals surface area contributed by atoms with Gasteiger partial charge >= 0.3 is 5.97 Å². The monoisotopic (exact) mass is 244 g/mol. The van der Waals surface area contributed by atoms with Gasteiger partial charge in [0.15, 0.2) is 0 Å². The third-order valence-corrected chi connectivity index (χ3v) is 2.56. The lowest BCUT2D eigenvalue weighted by molar-refractivity contribution is 0.0434. The number of hydrogen-bond donors (Lipinski definition) is 1. The maximum atomic E-state index is 11.6. The van der Waals surface area contributed by atoms with E-state index in [-0.39, 0.29) is 13.2 Å². The van der Waals surface area contributed by atoms with Gasteiger partial charge in [-0.05, 0) is 29.0 Å². The Kier molecular flexibility index (Phi) is 3.69. The number of carbonyl (C=O) groups excluding carboxylic acids is 2. The number of benzene rings is 2. The van der Waals surface area contributed by atoms with Crippen molar-refractivity contribution < 1.29 is 19.4 Å². The second-order valence-electron chi connectivity index (χ2n) is 3.80. The second kappa shape index (κ2) is 5.42. The van der Waals surface area contributed by atoms with Crippen LogP contribution in [0.3, 0.4) is 0 Å². The molecular formula is C14H12O4. The Hall–Kier alpha value is -2.20. The lowest BCUT2D eigenvalue weighted by Gasteiger charge is -2.04. The number of esters is 1. The molecule has 4 nitrogen and oxygen atoms in total. The van der Waals surface area contributed by atoms with Crippen LogP contribution in [0.15, 0.2) is 36.4 Å². The second-order valence-corrected chi connectivity index (χ2v) is 3.80. The van der Waals surface area contributed by atoms with E-state index in [9.17, 15) is 9.59 Å². The third kappa shape index (κ3) is 2.55. The van der Waals surface area contributed by atoms with Gasteiger partial charge in [0.2, 0.25) is 0 Å². The van der Waals surface area contributed by atoms with Gasteiger partial charge in [-0.2, -0.15) is 0 Å². The van der Waals surface area contributed by atoms with Gasteiger partial charge in [0.1, 0.15) is 12.9 Å². The average molecular weight is 244 g/mol. The largest absolute Gasteiger partial charge is 0.460 e. The average Bonchev–Trinajstić information content (AvgIpc) is 2.43. The normalized spacial score (nSPS) is 10.3. The number of hydrogen-bond acceptors (Lipinski definition) is 4. The number of rotatable bonds is 4. The minimum Gasteiger partial charge on any atom is -0.460 e. The molecule has 2 aromatic rings. The summed E-state index contributed by atoms with van der Waals surface area (Å²) in [6.45, 7) is -0.222. The number of ether oxygens (including phenoxy) is 1. The fourth-order valence-electron chi connectivity index (χ4n) is 1.69. The molecule has 1 N–H and O–H groups in total. The summed E-state index contributed by atoms with van der Waals surface area (Å²) < 4.78 is 4.82. The minimum atomic E-state index is -0.484. The number of aliphatic hydroxyl groups excluding tert-OH is 1. The van der Waals surface area contributed by atoms with E-state index in [0.717, 1.165) is 17.1 Å². The SMILES string of the molecule is O=Cc1ccc2ccc(C(=O)OCCO)cc2c1. The molecule has 0 amide bonds. The smallest absolute Gasteiger partial charge is 0.338 e. The predicted molar refractivity (Wildman–Crippen MR) is 66.7 cm³/mol. The van der Waals surface area contributed by atoms with Crippen LogP contribution in [0.2, 0.25) is 0 Å². The lowest BCUT2D eigenvalue weighted by Crippen LogP contribution is -2.08. The Bertz CT molecular complexity index is 589. The summed E-state index contributed by atoms with van der Waals surface area (Å²) in [4.78, 5) is 22.3. The topological polar surface area (TPSA) is 63.6 Å². The van der Waals surface area contributed by atoms with Crippen molar-refractivity contribution in [2.24, 2.45) is 0 Å².